The monoisotopic (exact) mass is 278 g/mol. The van der Waals surface area contributed by atoms with Gasteiger partial charge in [-0.2, -0.15) is 0 Å². The van der Waals surface area contributed by atoms with Gasteiger partial charge in [0.05, 0.1) is 8.07 Å². The summed E-state index contributed by atoms with van der Waals surface area (Å²) in [4.78, 5) is 0. The van der Waals surface area contributed by atoms with Gasteiger partial charge in [0.15, 0.2) is 0 Å². The minimum atomic E-state index is -1.33. The molecule has 0 unspecified atom stereocenters. The van der Waals surface area contributed by atoms with Crippen molar-refractivity contribution >= 4 is 13.3 Å². The predicted molar refractivity (Wildman–Crippen MR) is 88.2 cm³/mol. The summed E-state index contributed by atoms with van der Waals surface area (Å²) in [5.74, 6) is 0. The first-order valence-corrected chi connectivity index (χ1v) is 10.7. The van der Waals surface area contributed by atoms with Crippen molar-refractivity contribution in [1.82, 2.24) is 0 Å². The van der Waals surface area contributed by atoms with E-state index >= 15 is 0 Å². The predicted octanol–water partition coefficient (Wildman–Crippen LogP) is 4.48. The molecule has 3 aliphatic carbocycles. The van der Waals surface area contributed by atoms with E-state index in [0.29, 0.717) is 10.5 Å². The molecule has 2 bridgehead atoms. The second kappa shape index (κ2) is 3.85. The summed E-state index contributed by atoms with van der Waals surface area (Å²) in [5.41, 5.74) is 2.13. The van der Waals surface area contributed by atoms with Crippen LogP contribution in [0.25, 0.3) is 0 Å². The third kappa shape index (κ3) is 1.42. The Morgan fingerprint density at radius 2 is 1.25 bits per heavy atom. The topological polar surface area (TPSA) is 0 Å². The van der Waals surface area contributed by atoms with E-state index in [1.807, 2.05) is 0 Å². The highest BCUT2D eigenvalue weighted by Crippen LogP contribution is 2.81. The van der Waals surface area contributed by atoms with E-state index in [4.69, 9.17) is 0 Å². The third-order valence-electron chi connectivity index (χ3n) is 6.24. The molecule has 0 N–H and O–H groups in total. The fraction of sp³-hybridized carbons (Fsp3) is 0.368. The van der Waals surface area contributed by atoms with Gasteiger partial charge in [-0.3, -0.25) is 0 Å². The van der Waals surface area contributed by atoms with Gasteiger partial charge in [-0.25, -0.2) is 0 Å². The van der Waals surface area contributed by atoms with Crippen LogP contribution in [0.4, 0.5) is 0 Å². The number of rotatable bonds is 3. The molecule has 2 aromatic carbocycles. The van der Waals surface area contributed by atoms with Crippen LogP contribution in [0.15, 0.2) is 60.7 Å². The largest absolute Gasteiger partial charge is 0.0868 e. The van der Waals surface area contributed by atoms with Crippen molar-refractivity contribution in [1.29, 1.82) is 0 Å². The van der Waals surface area contributed by atoms with Gasteiger partial charge in [-0.05, 0) is 35.3 Å². The van der Waals surface area contributed by atoms with Crippen molar-refractivity contribution in [2.75, 3.05) is 0 Å². The number of benzene rings is 2. The van der Waals surface area contributed by atoms with Crippen LogP contribution in [-0.4, -0.2) is 8.07 Å². The summed E-state index contributed by atoms with van der Waals surface area (Å²) in [6, 6.07) is 22.5. The highest BCUT2D eigenvalue weighted by Gasteiger charge is 2.73. The van der Waals surface area contributed by atoms with Crippen molar-refractivity contribution in [3.05, 3.63) is 66.2 Å². The molecule has 2 aromatic rings. The third-order valence-corrected chi connectivity index (χ3v) is 11.2. The molecule has 0 aliphatic heterocycles. The molecule has 0 spiro atoms. The number of hydrogen-bond acceptors (Lipinski definition) is 0. The molecule has 0 atom stereocenters. The Kier molecular flexibility index (Phi) is 2.39. The second-order valence-electron chi connectivity index (χ2n) is 7.45. The molecule has 20 heavy (non-hydrogen) atoms. The van der Waals surface area contributed by atoms with Gasteiger partial charge < -0.3 is 0 Å². The second-order valence-corrected chi connectivity index (χ2v) is 12.3. The maximum atomic E-state index is 2.58. The van der Waals surface area contributed by atoms with Crippen molar-refractivity contribution in [3.63, 3.8) is 0 Å². The van der Waals surface area contributed by atoms with Crippen LogP contribution in [0.5, 0.6) is 0 Å². The lowest BCUT2D eigenvalue weighted by Gasteiger charge is -2.76. The maximum absolute atomic E-state index is 2.58. The van der Waals surface area contributed by atoms with Gasteiger partial charge in [-0.1, -0.05) is 78.9 Å². The van der Waals surface area contributed by atoms with Crippen molar-refractivity contribution in [2.45, 2.75) is 42.8 Å². The first-order chi connectivity index (χ1) is 9.58. The lowest BCUT2D eigenvalue weighted by molar-refractivity contribution is -0.0159. The van der Waals surface area contributed by atoms with E-state index in [0.717, 1.165) is 0 Å². The van der Waals surface area contributed by atoms with E-state index in [2.05, 4.69) is 73.8 Å². The summed E-state index contributed by atoms with van der Waals surface area (Å²) in [5, 5.41) is 2.31. The lowest BCUT2D eigenvalue weighted by atomic mass is 9.41. The molecular formula is C19H22Si. The van der Waals surface area contributed by atoms with Crippen molar-refractivity contribution in [3.8, 4) is 0 Å². The van der Waals surface area contributed by atoms with Gasteiger partial charge in [0, 0.05) is 0 Å². The van der Waals surface area contributed by atoms with Crippen LogP contribution >= 0.6 is 0 Å². The van der Waals surface area contributed by atoms with Crippen molar-refractivity contribution < 1.29 is 0 Å². The average Bonchev–Trinajstić information content (AvgIpc) is 2.38. The summed E-state index contributed by atoms with van der Waals surface area (Å²) >= 11 is 0. The Bertz CT molecular complexity index is 608. The van der Waals surface area contributed by atoms with Gasteiger partial charge >= 0.3 is 0 Å². The Balaban J connectivity index is 1.60. The normalized spacial score (nSPS) is 31.3. The average molecular weight is 278 g/mol. The molecule has 0 saturated heterocycles. The first-order valence-electron chi connectivity index (χ1n) is 7.69. The zero-order chi connectivity index (χ0) is 13.8. The summed E-state index contributed by atoms with van der Waals surface area (Å²) in [6.07, 6.45) is 4.29. The van der Waals surface area contributed by atoms with Crippen LogP contribution < -0.4 is 5.19 Å². The molecule has 5 rings (SSSR count). The fourth-order valence-electron chi connectivity index (χ4n) is 4.71. The molecule has 102 valence electrons. The Labute approximate surface area is 122 Å². The van der Waals surface area contributed by atoms with Crippen LogP contribution in [0, 0.1) is 0 Å². The molecule has 0 heterocycles. The van der Waals surface area contributed by atoms with Gasteiger partial charge in [0.25, 0.3) is 0 Å². The molecule has 3 aliphatic rings. The van der Waals surface area contributed by atoms with E-state index in [9.17, 15) is 0 Å². The molecule has 0 nitrogen and oxygen atoms in total. The standard InChI is InChI=1S/C19H22Si/c1-20(2,17-11-7-4-8-12-17)19-13-18(14-19,15-19)16-9-5-3-6-10-16/h3-12H,13-15H2,1-2H3. The summed E-state index contributed by atoms with van der Waals surface area (Å²) in [6.45, 7) is 5.16. The van der Waals surface area contributed by atoms with Crippen LogP contribution in [0.1, 0.15) is 24.8 Å². The summed E-state index contributed by atoms with van der Waals surface area (Å²) < 4.78 is 0. The first kappa shape index (κ1) is 12.4. The summed E-state index contributed by atoms with van der Waals surface area (Å²) in [7, 11) is -1.33. The van der Waals surface area contributed by atoms with E-state index < -0.39 is 8.07 Å². The van der Waals surface area contributed by atoms with Crippen LogP contribution in [0.2, 0.25) is 18.1 Å². The molecule has 1 heteroatoms. The van der Waals surface area contributed by atoms with Crippen molar-refractivity contribution in [2.24, 2.45) is 0 Å². The molecule has 0 aromatic heterocycles. The highest BCUT2D eigenvalue weighted by atomic mass is 28.3. The minimum Gasteiger partial charge on any atom is -0.0650 e. The zero-order valence-corrected chi connectivity index (χ0v) is 13.4. The number of hydrogen-bond donors (Lipinski definition) is 0. The molecule has 3 saturated carbocycles. The fourth-order valence-corrected chi connectivity index (χ4v) is 8.69. The quantitative estimate of drug-likeness (QED) is 0.726. The van der Waals surface area contributed by atoms with Gasteiger partial charge in [0.2, 0.25) is 0 Å². The van der Waals surface area contributed by atoms with Crippen LogP contribution in [0.3, 0.4) is 0 Å². The SMILES string of the molecule is C[Si](C)(c1ccccc1)C12CC(c3ccccc3)(C1)C2. The Morgan fingerprint density at radius 1 is 0.750 bits per heavy atom. The molecule has 3 fully saturated rings. The maximum Gasteiger partial charge on any atom is 0.0868 e. The van der Waals surface area contributed by atoms with Gasteiger partial charge in [-0.15, -0.1) is 0 Å². The minimum absolute atomic E-state index is 0.542. The van der Waals surface area contributed by atoms with E-state index in [-0.39, 0.29) is 0 Å². The lowest BCUT2D eigenvalue weighted by Crippen LogP contribution is -2.72. The molecular weight excluding hydrogens is 256 g/mol. The smallest absolute Gasteiger partial charge is 0.0650 e. The van der Waals surface area contributed by atoms with E-state index in [1.54, 1.807) is 10.8 Å². The molecule has 0 radical (unpaired) electrons. The molecule has 0 amide bonds. The van der Waals surface area contributed by atoms with E-state index in [1.165, 1.54) is 19.3 Å². The van der Waals surface area contributed by atoms with Gasteiger partial charge in [0.1, 0.15) is 0 Å². The Hall–Kier alpha value is -1.34. The zero-order valence-electron chi connectivity index (χ0n) is 12.4. The Morgan fingerprint density at radius 3 is 1.80 bits per heavy atom. The highest BCUT2D eigenvalue weighted by molar-refractivity contribution is 6.92. The van der Waals surface area contributed by atoms with Crippen LogP contribution in [-0.2, 0) is 5.41 Å².